The highest BCUT2D eigenvalue weighted by atomic mass is 32.1. The molecular weight excluding hydrogens is 324 g/mol. The lowest BCUT2D eigenvalue weighted by molar-refractivity contribution is 0.0696. The zero-order valence-corrected chi connectivity index (χ0v) is 14.2. The lowest BCUT2D eigenvalue weighted by atomic mass is 10.0. The van der Waals surface area contributed by atoms with E-state index in [9.17, 15) is 9.59 Å². The molecule has 5 nitrogen and oxygen atoms in total. The van der Waals surface area contributed by atoms with E-state index in [4.69, 9.17) is 17.3 Å². The molecule has 0 aliphatic rings. The molecule has 3 N–H and O–H groups in total. The quantitative estimate of drug-likeness (QED) is 0.740. The van der Waals surface area contributed by atoms with Gasteiger partial charge in [0.05, 0.1) is 5.56 Å². The molecule has 0 radical (unpaired) electrons. The van der Waals surface area contributed by atoms with Crippen LogP contribution in [0.4, 0.5) is 5.69 Å². The van der Waals surface area contributed by atoms with Crippen molar-refractivity contribution in [2.75, 3.05) is 5.32 Å². The van der Waals surface area contributed by atoms with Gasteiger partial charge in [-0.1, -0.05) is 32.0 Å². The van der Waals surface area contributed by atoms with Crippen LogP contribution in [0.1, 0.15) is 46.0 Å². The summed E-state index contributed by atoms with van der Waals surface area (Å²) in [5.74, 6) is -0.956. The van der Waals surface area contributed by atoms with E-state index in [1.807, 2.05) is 12.1 Å². The molecule has 0 heterocycles. The van der Waals surface area contributed by atoms with Gasteiger partial charge >= 0.3 is 5.97 Å². The highest BCUT2D eigenvalue weighted by molar-refractivity contribution is 7.80. The molecule has 24 heavy (non-hydrogen) atoms. The van der Waals surface area contributed by atoms with Crippen molar-refractivity contribution in [1.29, 1.82) is 0 Å². The summed E-state index contributed by atoms with van der Waals surface area (Å²) in [6.07, 6.45) is 0. The van der Waals surface area contributed by atoms with Crippen LogP contribution in [0.2, 0.25) is 0 Å². The summed E-state index contributed by atoms with van der Waals surface area (Å²) in [6.45, 7) is 4.17. The van der Waals surface area contributed by atoms with Crippen LogP contribution >= 0.6 is 12.2 Å². The average molecular weight is 342 g/mol. The molecule has 2 rings (SSSR count). The summed E-state index contributed by atoms with van der Waals surface area (Å²) in [7, 11) is 0. The number of aromatic carboxylic acids is 1. The first kappa shape index (κ1) is 17.6. The van der Waals surface area contributed by atoms with E-state index in [1.54, 1.807) is 24.3 Å². The molecule has 0 aliphatic heterocycles. The molecule has 0 aliphatic carbocycles. The van der Waals surface area contributed by atoms with Gasteiger partial charge in [-0.15, -0.1) is 0 Å². The lowest BCUT2D eigenvalue weighted by Crippen LogP contribution is -2.34. The van der Waals surface area contributed by atoms with Gasteiger partial charge in [0.25, 0.3) is 5.91 Å². The largest absolute Gasteiger partial charge is 0.478 e. The first-order valence-corrected chi connectivity index (χ1v) is 7.83. The second-order valence-electron chi connectivity index (χ2n) is 5.57. The molecule has 0 bridgehead atoms. The van der Waals surface area contributed by atoms with Crippen molar-refractivity contribution in [3.05, 3.63) is 65.2 Å². The molecule has 0 saturated heterocycles. The zero-order valence-electron chi connectivity index (χ0n) is 13.4. The molecule has 0 atom stereocenters. The number of thiocarbonyl (C=S) groups is 1. The number of carboxylic acids is 1. The molecule has 6 heteroatoms. The van der Waals surface area contributed by atoms with Crippen molar-refractivity contribution in [1.82, 2.24) is 5.32 Å². The number of rotatable bonds is 4. The Labute approximate surface area is 145 Å². The maximum atomic E-state index is 12.2. The maximum Gasteiger partial charge on any atom is 0.335 e. The molecule has 124 valence electrons. The van der Waals surface area contributed by atoms with Gasteiger partial charge in [0.1, 0.15) is 0 Å². The van der Waals surface area contributed by atoms with E-state index in [0.29, 0.717) is 17.2 Å². The number of hydrogen-bond donors (Lipinski definition) is 3. The minimum absolute atomic E-state index is 0.107. The van der Waals surface area contributed by atoms with Gasteiger partial charge in [-0.3, -0.25) is 10.1 Å². The Morgan fingerprint density at radius 3 is 2.29 bits per heavy atom. The minimum atomic E-state index is -1.03. The van der Waals surface area contributed by atoms with Crippen molar-refractivity contribution in [3.63, 3.8) is 0 Å². The first-order valence-electron chi connectivity index (χ1n) is 7.42. The Morgan fingerprint density at radius 2 is 1.71 bits per heavy atom. The van der Waals surface area contributed by atoms with Crippen molar-refractivity contribution < 1.29 is 14.7 Å². The number of carbonyl (C=O) groups excluding carboxylic acids is 1. The molecule has 0 spiro atoms. The van der Waals surface area contributed by atoms with Gasteiger partial charge in [-0.2, -0.15) is 0 Å². The summed E-state index contributed by atoms with van der Waals surface area (Å²) in [5, 5.41) is 14.5. The number of carbonyl (C=O) groups is 2. The molecule has 2 aromatic rings. The van der Waals surface area contributed by atoms with E-state index in [1.165, 1.54) is 12.1 Å². The van der Waals surface area contributed by atoms with Crippen LogP contribution in [-0.4, -0.2) is 22.1 Å². The van der Waals surface area contributed by atoms with E-state index in [0.717, 1.165) is 5.56 Å². The van der Waals surface area contributed by atoms with Crippen LogP contribution < -0.4 is 10.6 Å². The summed E-state index contributed by atoms with van der Waals surface area (Å²) in [5.41, 5.74) is 2.29. The third-order valence-corrected chi connectivity index (χ3v) is 3.64. The highest BCUT2D eigenvalue weighted by Gasteiger charge is 2.09. The van der Waals surface area contributed by atoms with Gasteiger partial charge < -0.3 is 10.4 Å². The number of amides is 1. The third-order valence-electron chi connectivity index (χ3n) is 3.43. The number of benzene rings is 2. The summed E-state index contributed by atoms with van der Waals surface area (Å²) >= 11 is 5.10. The van der Waals surface area contributed by atoms with Crippen LogP contribution in [0, 0.1) is 0 Å². The summed E-state index contributed by atoms with van der Waals surface area (Å²) < 4.78 is 0. The summed E-state index contributed by atoms with van der Waals surface area (Å²) in [4.78, 5) is 23.1. The number of hydrogen-bond acceptors (Lipinski definition) is 3. The molecule has 0 aromatic heterocycles. The highest BCUT2D eigenvalue weighted by Crippen LogP contribution is 2.15. The zero-order chi connectivity index (χ0) is 17.7. The normalized spacial score (nSPS) is 10.3. The van der Waals surface area contributed by atoms with Crippen LogP contribution in [-0.2, 0) is 0 Å². The van der Waals surface area contributed by atoms with E-state index < -0.39 is 5.97 Å². The minimum Gasteiger partial charge on any atom is -0.478 e. The Morgan fingerprint density at radius 1 is 1.04 bits per heavy atom. The number of anilines is 1. The fourth-order valence-corrected chi connectivity index (χ4v) is 2.30. The smallest absolute Gasteiger partial charge is 0.335 e. The Bertz CT molecular complexity index is 770. The Kier molecular flexibility index (Phi) is 5.65. The predicted molar refractivity (Wildman–Crippen MR) is 97.6 cm³/mol. The van der Waals surface area contributed by atoms with Crippen LogP contribution in [0.5, 0.6) is 0 Å². The topological polar surface area (TPSA) is 78.4 Å². The Balaban J connectivity index is 2.00. The first-order chi connectivity index (χ1) is 11.4. The van der Waals surface area contributed by atoms with Crippen LogP contribution in [0.25, 0.3) is 0 Å². The van der Waals surface area contributed by atoms with Gasteiger partial charge in [-0.25, -0.2) is 4.79 Å². The second kappa shape index (κ2) is 7.70. The Hall–Kier alpha value is -2.73. The van der Waals surface area contributed by atoms with E-state index in [-0.39, 0.29) is 16.6 Å². The second-order valence-corrected chi connectivity index (χ2v) is 5.98. The van der Waals surface area contributed by atoms with Gasteiger partial charge in [0.2, 0.25) is 0 Å². The van der Waals surface area contributed by atoms with E-state index >= 15 is 0 Å². The summed E-state index contributed by atoms with van der Waals surface area (Å²) in [6, 6.07) is 13.5. The fourth-order valence-electron chi connectivity index (χ4n) is 2.09. The molecule has 0 saturated carbocycles. The maximum absolute atomic E-state index is 12.2. The predicted octanol–water partition coefficient (Wildman–Crippen LogP) is 3.64. The van der Waals surface area contributed by atoms with Gasteiger partial charge in [0.15, 0.2) is 5.11 Å². The number of carboxylic acid groups (broad SMARTS) is 1. The van der Waals surface area contributed by atoms with Crippen molar-refractivity contribution in [2.24, 2.45) is 0 Å². The number of nitrogens with one attached hydrogen (secondary N) is 2. The van der Waals surface area contributed by atoms with Crippen LogP contribution in [0.3, 0.4) is 0 Å². The monoisotopic (exact) mass is 342 g/mol. The SMILES string of the molecule is CC(C)c1ccc(C(=O)NC(=S)Nc2cccc(C(=O)O)c2)cc1. The van der Waals surface area contributed by atoms with Gasteiger partial charge in [0, 0.05) is 11.3 Å². The lowest BCUT2D eigenvalue weighted by Gasteiger charge is -2.11. The average Bonchev–Trinajstić information content (AvgIpc) is 2.55. The van der Waals surface area contributed by atoms with Crippen LogP contribution in [0.15, 0.2) is 48.5 Å². The van der Waals surface area contributed by atoms with Gasteiger partial charge in [-0.05, 0) is 54.0 Å². The third kappa shape index (κ3) is 4.63. The van der Waals surface area contributed by atoms with Crippen molar-refractivity contribution in [2.45, 2.75) is 19.8 Å². The molecule has 0 fully saturated rings. The van der Waals surface area contributed by atoms with E-state index in [2.05, 4.69) is 24.5 Å². The fraction of sp³-hybridized carbons (Fsp3) is 0.167. The van der Waals surface area contributed by atoms with Crippen molar-refractivity contribution >= 4 is 34.9 Å². The van der Waals surface area contributed by atoms with Crippen molar-refractivity contribution in [3.8, 4) is 0 Å². The standard InChI is InChI=1S/C18H18N2O3S/c1-11(2)12-6-8-13(9-7-12)16(21)20-18(24)19-15-5-3-4-14(10-15)17(22)23/h3-11H,1-2H3,(H,22,23)(H2,19,20,21,24). The molecular formula is C18H18N2O3S. The molecule has 0 unspecified atom stereocenters. The molecule has 1 amide bonds. The molecule has 2 aromatic carbocycles.